The quantitative estimate of drug-likeness (QED) is 0.431. The zero-order chi connectivity index (χ0) is 19.4. The zero-order valence-corrected chi connectivity index (χ0v) is 16.5. The molecule has 0 atom stereocenters. The van der Waals surface area contributed by atoms with Crippen LogP contribution in [0.5, 0.6) is 0 Å². The first-order chi connectivity index (χ1) is 11.7. The van der Waals surface area contributed by atoms with Crippen molar-refractivity contribution in [3.8, 4) is 12.1 Å². The van der Waals surface area contributed by atoms with E-state index in [-0.39, 0.29) is 25.9 Å². The molecule has 2 N–H and O–H groups in total. The van der Waals surface area contributed by atoms with E-state index < -0.39 is 24.1 Å². The molecule has 0 saturated heterocycles. The first-order valence-electron chi connectivity index (χ1n) is 8.47. The third-order valence-electron chi connectivity index (χ3n) is 4.07. The molecule has 0 aromatic rings. The summed E-state index contributed by atoms with van der Waals surface area (Å²) in [5.41, 5.74) is 0. The second-order valence-electron chi connectivity index (χ2n) is 5.64. The summed E-state index contributed by atoms with van der Waals surface area (Å²) in [6.07, 6.45) is 2.54. The Morgan fingerprint density at radius 2 is 1.12 bits per heavy atom. The van der Waals surface area contributed by atoms with Gasteiger partial charge in [0.1, 0.15) is 0 Å². The molecule has 0 rings (SSSR count). The zero-order valence-electron chi connectivity index (χ0n) is 14.9. The van der Waals surface area contributed by atoms with Crippen LogP contribution < -0.4 is 9.44 Å². The van der Waals surface area contributed by atoms with E-state index in [1.807, 2.05) is 12.1 Å². The maximum atomic E-state index is 12.7. The van der Waals surface area contributed by atoms with Gasteiger partial charge in [-0.3, -0.25) is 0 Å². The molecular weight excluding hydrogens is 364 g/mol. The van der Waals surface area contributed by atoms with Gasteiger partial charge in [0.05, 0.1) is 12.1 Å². The molecule has 0 aromatic heterocycles. The Labute approximate surface area is 151 Å². The van der Waals surface area contributed by atoms with Crippen LogP contribution in [0.2, 0.25) is 0 Å². The van der Waals surface area contributed by atoms with Gasteiger partial charge in [-0.2, -0.15) is 10.5 Å². The van der Waals surface area contributed by atoms with Crippen LogP contribution in [0.15, 0.2) is 0 Å². The molecule has 0 bridgehead atoms. The fraction of sp³-hybridized carbons (Fsp3) is 0.867. The summed E-state index contributed by atoms with van der Waals surface area (Å²) >= 11 is 0. The van der Waals surface area contributed by atoms with Crippen molar-refractivity contribution >= 4 is 20.0 Å². The van der Waals surface area contributed by atoms with E-state index in [9.17, 15) is 16.8 Å². The van der Waals surface area contributed by atoms with Gasteiger partial charge in [-0.1, -0.05) is 13.8 Å². The number of sulfonamides is 2. The van der Waals surface area contributed by atoms with Gasteiger partial charge in [0.2, 0.25) is 20.0 Å². The Bertz CT molecular complexity index is 615. The molecule has 0 radical (unpaired) electrons. The summed E-state index contributed by atoms with van der Waals surface area (Å²) in [5.74, 6) is 0. The maximum Gasteiger partial charge on any atom is 0.233 e. The van der Waals surface area contributed by atoms with Crippen molar-refractivity contribution in [3.05, 3.63) is 0 Å². The number of unbranched alkanes of at least 4 members (excludes halogenated alkanes) is 4. The molecule has 0 aromatic carbocycles. The maximum absolute atomic E-state index is 12.7. The number of rotatable bonds is 14. The Balaban J connectivity index is 5.11. The third-order valence-corrected chi connectivity index (χ3v) is 9.67. The minimum atomic E-state index is -4.11. The summed E-state index contributed by atoms with van der Waals surface area (Å²) in [6.45, 7) is 3.27. The van der Waals surface area contributed by atoms with Crippen LogP contribution in [0.3, 0.4) is 0 Å². The molecule has 0 spiro atoms. The van der Waals surface area contributed by atoms with Gasteiger partial charge in [0.15, 0.2) is 4.08 Å². The topological polar surface area (TPSA) is 140 Å². The molecule has 0 saturated carbocycles. The van der Waals surface area contributed by atoms with Gasteiger partial charge < -0.3 is 0 Å². The first-order valence-corrected chi connectivity index (χ1v) is 11.4. The molecule has 0 aliphatic rings. The van der Waals surface area contributed by atoms with E-state index in [2.05, 4.69) is 9.44 Å². The highest BCUT2D eigenvalue weighted by Gasteiger charge is 2.52. The van der Waals surface area contributed by atoms with Gasteiger partial charge in [-0.05, 0) is 38.5 Å². The van der Waals surface area contributed by atoms with Gasteiger partial charge in [-0.25, -0.2) is 26.3 Å². The van der Waals surface area contributed by atoms with Crippen molar-refractivity contribution < 1.29 is 16.8 Å². The second kappa shape index (κ2) is 11.4. The Kier molecular flexibility index (Phi) is 10.9. The average molecular weight is 393 g/mol. The third kappa shape index (κ3) is 6.55. The van der Waals surface area contributed by atoms with Crippen molar-refractivity contribution in [2.75, 3.05) is 13.1 Å². The normalized spacial score (nSPS) is 12.5. The molecular formula is C15H28N4O4S2. The largest absolute Gasteiger partial charge is 0.233 e. The number of hydrogen-bond acceptors (Lipinski definition) is 6. The summed E-state index contributed by atoms with van der Waals surface area (Å²) < 4.78 is 53.6. The van der Waals surface area contributed by atoms with Crippen molar-refractivity contribution in [3.63, 3.8) is 0 Å². The van der Waals surface area contributed by atoms with E-state index in [1.54, 1.807) is 0 Å². The second-order valence-corrected chi connectivity index (χ2v) is 10.1. The lowest BCUT2D eigenvalue weighted by atomic mass is 10.2. The van der Waals surface area contributed by atoms with Crippen LogP contribution in [0.25, 0.3) is 0 Å². The predicted octanol–water partition coefficient (Wildman–Crippen LogP) is 1.73. The fourth-order valence-corrected chi connectivity index (χ4v) is 6.87. The summed E-state index contributed by atoms with van der Waals surface area (Å²) in [6, 6.07) is 3.95. The number of nitriles is 2. The van der Waals surface area contributed by atoms with Gasteiger partial charge in [0, 0.05) is 25.9 Å². The van der Waals surface area contributed by atoms with Crippen molar-refractivity contribution in [1.29, 1.82) is 10.5 Å². The van der Waals surface area contributed by atoms with E-state index in [0.29, 0.717) is 38.5 Å². The number of nitrogens with zero attached hydrogens (tertiary/aromatic N) is 2. The highest BCUT2D eigenvalue weighted by Crippen LogP contribution is 2.31. The van der Waals surface area contributed by atoms with E-state index in [4.69, 9.17) is 10.5 Å². The molecule has 0 aliphatic carbocycles. The van der Waals surface area contributed by atoms with E-state index in [0.717, 1.165) is 0 Å². The Morgan fingerprint density at radius 3 is 1.40 bits per heavy atom. The SMILES string of the molecule is CCC(CC)(S(=O)(=O)NCCCCC#N)S(=O)(=O)NCCCCC#N. The molecule has 0 unspecified atom stereocenters. The highest BCUT2D eigenvalue weighted by atomic mass is 32.3. The van der Waals surface area contributed by atoms with Crippen LogP contribution >= 0.6 is 0 Å². The minimum absolute atomic E-state index is 0.0788. The smallest absolute Gasteiger partial charge is 0.214 e. The Morgan fingerprint density at radius 1 is 0.760 bits per heavy atom. The molecule has 10 heteroatoms. The van der Waals surface area contributed by atoms with Gasteiger partial charge >= 0.3 is 0 Å². The molecule has 25 heavy (non-hydrogen) atoms. The van der Waals surface area contributed by atoms with Crippen LogP contribution in [0.1, 0.15) is 65.2 Å². The van der Waals surface area contributed by atoms with E-state index in [1.165, 1.54) is 13.8 Å². The van der Waals surface area contributed by atoms with Gasteiger partial charge in [-0.15, -0.1) is 0 Å². The van der Waals surface area contributed by atoms with E-state index >= 15 is 0 Å². The predicted molar refractivity (Wildman–Crippen MR) is 96.1 cm³/mol. The lowest BCUT2D eigenvalue weighted by Crippen LogP contribution is -2.55. The molecule has 0 fully saturated rings. The lowest BCUT2D eigenvalue weighted by molar-refractivity contribution is 0.505. The summed E-state index contributed by atoms with van der Waals surface area (Å²) in [4.78, 5) is 0. The molecule has 0 aliphatic heterocycles. The molecule has 0 amide bonds. The minimum Gasteiger partial charge on any atom is -0.214 e. The van der Waals surface area contributed by atoms with Crippen molar-refractivity contribution in [2.24, 2.45) is 0 Å². The highest BCUT2D eigenvalue weighted by molar-refractivity contribution is 8.08. The molecule has 0 heterocycles. The summed E-state index contributed by atoms with van der Waals surface area (Å²) in [5, 5.41) is 17.0. The first kappa shape index (κ1) is 23.8. The monoisotopic (exact) mass is 392 g/mol. The van der Waals surface area contributed by atoms with Gasteiger partial charge in [0.25, 0.3) is 0 Å². The molecule has 8 nitrogen and oxygen atoms in total. The Hall–Kier alpha value is -1.20. The fourth-order valence-electron chi connectivity index (χ4n) is 2.49. The lowest BCUT2D eigenvalue weighted by Gasteiger charge is -2.31. The van der Waals surface area contributed by atoms with Crippen molar-refractivity contribution in [1.82, 2.24) is 9.44 Å². The number of nitrogens with one attached hydrogen (secondary N) is 2. The van der Waals surface area contributed by atoms with Crippen LogP contribution in [-0.2, 0) is 20.0 Å². The molecule has 144 valence electrons. The average Bonchev–Trinajstić information content (AvgIpc) is 2.55. The van der Waals surface area contributed by atoms with Crippen LogP contribution in [0, 0.1) is 22.7 Å². The van der Waals surface area contributed by atoms with Crippen molar-refractivity contribution in [2.45, 2.75) is 69.3 Å². The van der Waals surface area contributed by atoms with Crippen LogP contribution in [0.4, 0.5) is 0 Å². The summed E-state index contributed by atoms with van der Waals surface area (Å²) in [7, 11) is -8.22. The van der Waals surface area contributed by atoms with Crippen LogP contribution in [-0.4, -0.2) is 34.0 Å². The number of hydrogen-bond donors (Lipinski definition) is 2. The standard InChI is InChI=1S/C15H28N4O4S2/c1-3-15(4-2,24(20,21)18-13-9-5-7-11-16)25(22,23)19-14-10-6-8-12-17/h18-19H,3-10,13-14H2,1-2H3.